The van der Waals surface area contributed by atoms with Crippen LogP contribution in [-0.2, 0) is 0 Å². The fraction of sp³-hybridized carbons (Fsp3) is 0.500. The third-order valence-electron chi connectivity index (χ3n) is 2.36. The molecule has 0 aromatic heterocycles. The van der Waals surface area contributed by atoms with Crippen LogP contribution in [0.3, 0.4) is 0 Å². The second-order valence-electron chi connectivity index (χ2n) is 4.04. The highest BCUT2D eigenvalue weighted by atomic mass is 16.5. The van der Waals surface area contributed by atoms with E-state index in [1.165, 1.54) is 0 Å². The van der Waals surface area contributed by atoms with Gasteiger partial charge in [-0.05, 0) is 43.1 Å². The third-order valence-corrected chi connectivity index (χ3v) is 2.36. The minimum Gasteiger partial charge on any atom is -0.508 e. The Kier molecular flexibility index (Phi) is 5.08. The Balaban J connectivity index is 2.31. The van der Waals surface area contributed by atoms with Crippen LogP contribution in [0.1, 0.15) is 13.3 Å². The fourth-order valence-electron chi connectivity index (χ4n) is 1.36. The average Bonchev–Trinajstić information content (AvgIpc) is 2.28. The minimum atomic E-state index is -0.507. The summed E-state index contributed by atoms with van der Waals surface area (Å²) >= 11 is 0. The molecule has 0 aliphatic rings. The van der Waals surface area contributed by atoms with Crippen LogP contribution in [0.4, 0.5) is 0 Å². The summed E-state index contributed by atoms with van der Waals surface area (Å²) in [6.45, 7) is 2.80. The number of hydrogen-bond acceptors (Lipinski definition) is 4. The number of aliphatic hydroxyl groups excluding tert-OH is 1. The molecule has 1 aromatic rings. The van der Waals surface area contributed by atoms with Crippen LogP contribution in [0.15, 0.2) is 24.3 Å². The van der Waals surface area contributed by atoms with E-state index >= 15 is 0 Å². The molecule has 2 atom stereocenters. The smallest absolute Gasteiger partial charge is 0.119 e. The molecule has 4 heteroatoms. The van der Waals surface area contributed by atoms with Crippen LogP contribution in [0.25, 0.3) is 0 Å². The highest BCUT2D eigenvalue weighted by molar-refractivity contribution is 5.30. The molecule has 4 nitrogen and oxygen atoms in total. The van der Waals surface area contributed by atoms with Crippen LogP contribution >= 0.6 is 0 Å². The summed E-state index contributed by atoms with van der Waals surface area (Å²) in [7, 11) is 0. The topological polar surface area (TPSA) is 75.7 Å². The highest BCUT2D eigenvalue weighted by Gasteiger charge is 2.09. The quantitative estimate of drug-likeness (QED) is 0.678. The van der Waals surface area contributed by atoms with E-state index in [2.05, 4.69) is 0 Å². The molecule has 16 heavy (non-hydrogen) atoms. The van der Waals surface area contributed by atoms with E-state index in [-0.39, 0.29) is 12.4 Å². The molecule has 0 saturated carbocycles. The zero-order valence-corrected chi connectivity index (χ0v) is 9.47. The van der Waals surface area contributed by atoms with Gasteiger partial charge in [-0.15, -0.1) is 0 Å². The van der Waals surface area contributed by atoms with Crippen LogP contribution in [0.2, 0.25) is 0 Å². The van der Waals surface area contributed by atoms with Gasteiger partial charge in [-0.2, -0.15) is 0 Å². The van der Waals surface area contributed by atoms with Crippen molar-refractivity contribution in [2.45, 2.75) is 19.4 Å². The molecule has 0 radical (unpaired) electrons. The normalized spacial score (nSPS) is 14.4. The van der Waals surface area contributed by atoms with Gasteiger partial charge in [0, 0.05) is 0 Å². The molecular weight excluding hydrogens is 206 g/mol. The minimum absolute atomic E-state index is 0.199. The molecule has 0 aliphatic carbocycles. The zero-order chi connectivity index (χ0) is 12.0. The number of aromatic hydroxyl groups is 1. The molecular formula is C12H19NO3. The van der Waals surface area contributed by atoms with Crippen LogP contribution in [0.5, 0.6) is 11.5 Å². The van der Waals surface area contributed by atoms with Gasteiger partial charge in [0.2, 0.25) is 0 Å². The van der Waals surface area contributed by atoms with Crippen molar-refractivity contribution in [2.75, 3.05) is 13.2 Å². The first-order chi connectivity index (χ1) is 7.61. The standard InChI is InChI=1S/C12H19NO3/c1-9(7-13)6-11(15)8-16-12-4-2-10(14)3-5-12/h2-5,9,11,14-15H,6-8,13H2,1H3/t9?,11-/m0/s1. The summed E-state index contributed by atoms with van der Waals surface area (Å²) in [6, 6.07) is 6.41. The molecule has 0 saturated heterocycles. The van der Waals surface area contributed by atoms with Gasteiger partial charge in [0.1, 0.15) is 18.1 Å². The van der Waals surface area contributed by atoms with Crippen molar-refractivity contribution in [3.05, 3.63) is 24.3 Å². The first-order valence-corrected chi connectivity index (χ1v) is 5.41. The lowest BCUT2D eigenvalue weighted by atomic mass is 10.0. The second-order valence-corrected chi connectivity index (χ2v) is 4.04. The summed E-state index contributed by atoms with van der Waals surface area (Å²) < 4.78 is 5.37. The summed E-state index contributed by atoms with van der Waals surface area (Å²) in [5.74, 6) is 1.13. The predicted octanol–water partition coefficient (Wildman–Crippen LogP) is 1.12. The Hall–Kier alpha value is -1.26. The SMILES string of the molecule is CC(CN)C[C@H](O)COc1ccc(O)cc1. The van der Waals surface area contributed by atoms with E-state index in [1.54, 1.807) is 24.3 Å². The van der Waals surface area contributed by atoms with Gasteiger partial charge >= 0.3 is 0 Å². The van der Waals surface area contributed by atoms with E-state index in [4.69, 9.17) is 15.6 Å². The predicted molar refractivity (Wildman–Crippen MR) is 62.4 cm³/mol. The Bertz CT molecular complexity index is 300. The number of ether oxygens (including phenoxy) is 1. The lowest BCUT2D eigenvalue weighted by molar-refractivity contribution is 0.0880. The molecule has 0 aliphatic heterocycles. The van der Waals surface area contributed by atoms with Crippen LogP contribution in [-0.4, -0.2) is 29.5 Å². The lowest BCUT2D eigenvalue weighted by Gasteiger charge is -2.15. The largest absolute Gasteiger partial charge is 0.508 e. The maximum Gasteiger partial charge on any atom is 0.119 e. The average molecular weight is 225 g/mol. The van der Waals surface area contributed by atoms with Crippen molar-refractivity contribution in [1.29, 1.82) is 0 Å². The van der Waals surface area contributed by atoms with E-state index in [1.807, 2.05) is 6.92 Å². The van der Waals surface area contributed by atoms with E-state index in [9.17, 15) is 5.11 Å². The Morgan fingerprint density at radius 3 is 2.50 bits per heavy atom. The zero-order valence-electron chi connectivity index (χ0n) is 9.47. The van der Waals surface area contributed by atoms with Gasteiger partial charge in [-0.25, -0.2) is 0 Å². The maximum absolute atomic E-state index is 9.64. The molecule has 90 valence electrons. The third kappa shape index (κ3) is 4.51. The molecule has 0 amide bonds. The summed E-state index contributed by atoms with van der Waals surface area (Å²) in [6.07, 6.45) is 0.126. The molecule has 0 fully saturated rings. The fourth-order valence-corrected chi connectivity index (χ4v) is 1.36. The number of aliphatic hydroxyl groups is 1. The number of phenolic OH excluding ortho intramolecular Hbond substituents is 1. The van der Waals surface area contributed by atoms with E-state index in [0.29, 0.717) is 24.6 Å². The Morgan fingerprint density at radius 2 is 1.94 bits per heavy atom. The maximum atomic E-state index is 9.64. The Labute approximate surface area is 95.7 Å². The lowest BCUT2D eigenvalue weighted by Crippen LogP contribution is -2.23. The number of phenols is 1. The van der Waals surface area contributed by atoms with Gasteiger partial charge in [0.15, 0.2) is 0 Å². The van der Waals surface area contributed by atoms with Gasteiger partial charge in [-0.3, -0.25) is 0 Å². The molecule has 0 bridgehead atoms. The number of rotatable bonds is 6. The van der Waals surface area contributed by atoms with Crippen LogP contribution < -0.4 is 10.5 Å². The van der Waals surface area contributed by atoms with E-state index in [0.717, 1.165) is 0 Å². The first-order valence-electron chi connectivity index (χ1n) is 5.41. The van der Waals surface area contributed by atoms with Crippen molar-refractivity contribution in [3.8, 4) is 11.5 Å². The van der Waals surface area contributed by atoms with Crippen molar-refractivity contribution < 1.29 is 14.9 Å². The highest BCUT2D eigenvalue weighted by Crippen LogP contribution is 2.16. The Morgan fingerprint density at radius 1 is 1.31 bits per heavy atom. The van der Waals surface area contributed by atoms with E-state index < -0.39 is 6.10 Å². The number of nitrogens with two attached hydrogens (primary N) is 1. The van der Waals surface area contributed by atoms with Crippen molar-refractivity contribution >= 4 is 0 Å². The molecule has 1 unspecified atom stereocenters. The van der Waals surface area contributed by atoms with Crippen molar-refractivity contribution in [3.63, 3.8) is 0 Å². The van der Waals surface area contributed by atoms with Crippen molar-refractivity contribution in [1.82, 2.24) is 0 Å². The second kappa shape index (κ2) is 6.35. The summed E-state index contributed by atoms with van der Waals surface area (Å²) in [5.41, 5.74) is 5.46. The van der Waals surface area contributed by atoms with Crippen LogP contribution in [0, 0.1) is 5.92 Å². The monoisotopic (exact) mass is 225 g/mol. The number of hydrogen-bond donors (Lipinski definition) is 3. The van der Waals surface area contributed by atoms with Gasteiger partial charge in [-0.1, -0.05) is 6.92 Å². The van der Waals surface area contributed by atoms with Crippen molar-refractivity contribution in [2.24, 2.45) is 11.7 Å². The van der Waals surface area contributed by atoms with Gasteiger partial charge in [0.05, 0.1) is 6.10 Å². The molecule has 1 rings (SSSR count). The number of benzene rings is 1. The molecule has 4 N–H and O–H groups in total. The summed E-state index contributed by atoms with van der Waals surface area (Å²) in [4.78, 5) is 0. The molecule has 0 spiro atoms. The van der Waals surface area contributed by atoms with Gasteiger partial charge in [0.25, 0.3) is 0 Å². The first kappa shape index (κ1) is 12.8. The summed E-state index contributed by atoms with van der Waals surface area (Å²) in [5, 5.41) is 18.7. The molecule has 0 heterocycles. The molecule has 1 aromatic carbocycles. The van der Waals surface area contributed by atoms with Gasteiger partial charge < -0.3 is 20.7 Å².